The summed E-state index contributed by atoms with van der Waals surface area (Å²) in [4.78, 5) is 18.0. The van der Waals surface area contributed by atoms with Gasteiger partial charge in [0.25, 0.3) is 0 Å². The van der Waals surface area contributed by atoms with E-state index in [1.807, 2.05) is 24.3 Å². The molecular weight excluding hydrogens is 394 g/mol. The van der Waals surface area contributed by atoms with E-state index in [4.69, 9.17) is 0 Å². The fraction of sp³-hybridized carbons (Fsp3) is 0.450. The van der Waals surface area contributed by atoms with Crippen LogP contribution in [0.2, 0.25) is 0 Å². The molecule has 1 aliphatic heterocycles. The van der Waals surface area contributed by atoms with Gasteiger partial charge >= 0.3 is 0 Å². The van der Waals surface area contributed by atoms with Crippen molar-refractivity contribution in [3.63, 3.8) is 0 Å². The van der Waals surface area contributed by atoms with Crippen molar-refractivity contribution in [1.82, 2.24) is 14.1 Å². The molecule has 2 heterocycles. The number of hydrogen-bond acceptors (Lipinski definition) is 5. The van der Waals surface area contributed by atoms with Crippen LogP contribution in [0.3, 0.4) is 0 Å². The maximum Gasteiger partial charge on any atom is 0.236 e. The molecule has 0 spiro atoms. The predicted octanol–water partition coefficient (Wildman–Crippen LogP) is 1.90. The van der Waals surface area contributed by atoms with Crippen LogP contribution in [0.1, 0.15) is 10.4 Å². The average molecular weight is 422 g/mol. The summed E-state index contributed by atoms with van der Waals surface area (Å²) in [5.74, 6) is 0.0674. The number of carbonyl (C=O) groups is 1. The van der Waals surface area contributed by atoms with Crippen LogP contribution in [0, 0.1) is 0 Å². The van der Waals surface area contributed by atoms with Gasteiger partial charge in [0.1, 0.15) is 0 Å². The van der Waals surface area contributed by atoms with Gasteiger partial charge in [-0.05, 0) is 23.4 Å². The van der Waals surface area contributed by atoms with Crippen molar-refractivity contribution in [1.29, 1.82) is 0 Å². The van der Waals surface area contributed by atoms with Crippen LogP contribution in [0.25, 0.3) is 0 Å². The Hall–Kier alpha value is -1.74. The molecule has 152 valence electrons. The second-order valence-electron chi connectivity index (χ2n) is 7.07. The molecule has 1 aliphatic rings. The summed E-state index contributed by atoms with van der Waals surface area (Å²) in [6, 6.07) is 14.4. The summed E-state index contributed by atoms with van der Waals surface area (Å²) in [5, 5.41) is 2.05. The Morgan fingerprint density at radius 3 is 2.39 bits per heavy atom. The van der Waals surface area contributed by atoms with E-state index in [1.54, 1.807) is 16.2 Å². The third-order valence-electron chi connectivity index (χ3n) is 4.94. The lowest BCUT2D eigenvalue weighted by atomic mass is 10.1. The van der Waals surface area contributed by atoms with Gasteiger partial charge in [0.2, 0.25) is 15.9 Å². The minimum atomic E-state index is -3.19. The molecule has 0 saturated carbocycles. The summed E-state index contributed by atoms with van der Waals surface area (Å²) in [6.45, 7) is 3.56. The molecule has 0 atom stereocenters. The van der Waals surface area contributed by atoms with Crippen molar-refractivity contribution in [3.05, 3.63) is 58.3 Å². The average Bonchev–Trinajstić information content (AvgIpc) is 3.19. The molecule has 6 nitrogen and oxygen atoms in total. The van der Waals surface area contributed by atoms with Crippen LogP contribution in [-0.4, -0.2) is 74.0 Å². The van der Waals surface area contributed by atoms with Crippen LogP contribution in [-0.2, 0) is 27.8 Å². The van der Waals surface area contributed by atoms with Crippen LogP contribution < -0.4 is 0 Å². The molecule has 0 radical (unpaired) electrons. The largest absolute Gasteiger partial charge is 0.339 e. The van der Waals surface area contributed by atoms with E-state index in [1.165, 1.54) is 21.0 Å². The lowest BCUT2D eigenvalue weighted by molar-refractivity contribution is -0.133. The zero-order valence-electron chi connectivity index (χ0n) is 16.2. The maximum atomic E-state index is 12.8. The molecule has 0 aliphatic carbocycles. The third-order valence-corrected chi connectivity index (χ3v) is 7.10. The number of nitrogens with zero attached hydrogens (tertiary/aromatic N) is 3. The zero-order valence-corrected chi connectivity index (χ0v) is 17.8. The van der Waals surface area contributed by atoms with Crippen molar-refractivity contribution >= 4 is 27.3 Å². The van der Waals surface area contributed by atoms with Crippen molar-refractivity contribution in [2.24, 2.45) is 0 Å². The fourth-order valence-electron chi connectivity index (χ4n) is 3.33. The van der Waals surface area contributed by atoms with Gasteiger partial charge in [-0.3, -0.25) is 9.69 Å². The Morgan fingerprint density at radius 1 is 1.07 bits per heavy atom. The first-order valence-corrected chi connectivity index (χ1v) is 12.2. The summed E-state index contributed by atoms with van der Waals surface area (Å²) >= 11 is 1.70. The predicted molar refractivity (Wildman–Crippen MR) is 113 cm³/mol. The molecule has 0 bridgehead atoms. The molecule has 1 saturated heterocycles. The van der Waals surface area contributed by atoms with E-state index in [0.29, 0.717) is 32.7 Å². The van der Waals surface area contributed by atoms with Gasteiger partial charge < -0.3 is 4.90 Å². The van der Waals surface area contributed by atoms with Crippen LogP contribution in [0.5, 0.6) is 0 Å². The summed E-state index contributed by atoms with van der Waals surface area (Å²) in [6.07, 6.45) is 2.11. The molecule has 1 aromatic heterocycles. The number of amides is 1. The zero-order chi connectivity index (χ0) is 20.0. The normalized spacial score (nSPS) is 15.9. The quantitative estimate of drug-likeness (QED) is 0.653. The highest BCUT2D eigenvalue weighted by Gasteiger charge is 2.26. The van der Waals surface area contributed by atoms with E-state index >= 15 is 0 Å². The van der Waals surface area contributed by atoms with Gasteiger partial charge in [0.05, 0.1) is 12.8 Å². The molecule has 0 N–H and O–H groups in total. The van der Waals surface area contributed by atoms with Gasteiger partial charge in [-0.1, -0.05) is 36.4 Å². The lowest BCUT2D eigenvalue weighted by Gasteiger charge is -2.34. The van der Waals surface area contributed by atoms with E-state index < -0.39 is 10.0 Å². The van der Waals surface area contributed by atoms with E-state index in [9.17, 15) is 13.2 Å². The Morgan fingerprint density at radius 2 is 1.79 bits per heavy atom. The topological polar surface area (TPSA) is 60.9 Å². The van der Waals surface area contributed by atoms with Gasteiger partial charge in [-0.15, -0.1) is 11.3 Å². The van der Waals surface area contributed by atoms with Crippen LogP contribution >= 0.6 is 11.3 Å². The van der Waals surface area contributed by atoms with Crippen molar-refractivity contribution in [2.75, 3.05) is 45.5 Å². The number of sulfonamides is 1. The Kier molecular flexibility index (Phi) is 7.23. The SMILES string of the molecule is CS(=O)(=O)N1CCN(C(=O)CN(CCc2ccccc2)Cc2cccs2)CC1. The number of rotatable bonds is 8. The Balaban J connectivity index is 1.58. The van der Waals surface area contributed by atoms with Gasteiger partial charge in [0.15, 0.2) is 0 Å². The summed E-state index contributed by atoms with van der Waals surface area (Å²) < 4.78 is 24.7. The molecule has 2 aromatic rings. The molecule has 0 unspecified atom stereocenters. The molecular formula is C20H27N3O3S2. The second kappa shape index (κ2) is 9.65. The van der Waals surface area contributed by atoms with Crippen LogP contribution in [0.15, 0.2) is 47.8 Å². The molecule has 1 fully saturated rings. The van der Waals surface area contributed by atoms with Crippen molar-refractivity contribution in [2.45, 2.75) is 13.0 Å². The number of carbonyl (C=O) groups excluding carboxylic acids is 1. The smallest absolute Gasteiger partial charge is 0.236 e. The minimum Gasteiger partial charge on any atom is -0.339 e. The summed E-state index contributed by atoms with van der Waals surface area (Å²) in [7, 11) is -3.19. The summed E-state index contributed by atoms with van der Waals surface area (Å²) in [5.41, 5.74) is 1.26. The Bertz CT molecular complexity index is 846. The molecule has 1 amide bonds. The number of benzene rings is 1. The number of piperazine rings is 1. The fourth-order valence-corrected chi connectivity index (χ4v) is 4.90. The first-order chi connectivity index (χ1) is 13.4. The highest BCUT2D eigenvalue weighted by atomic mass is 32.2. The highest BCUT2D eigenvalue weighted by Crippen LogP contribution is 2.14. The lowest BCUT2D eigenvalue weighted by Crippen LogP contribution is -2.52. The van der Waals surface area contributed by atoms with E-state index in [2.05, 4.69) is 28.5 Å². The van der Waals surface area contributed by atoms with E-state index in [-0.39, 0.29) is 5.91 Å². The maximum absolute atomic E-state index is 12.8. The number of thiophene rings is 1. The Labute approximate surface area is 171 Å². The number of hydrogen-bond donors (Lipinski definition) is 0. The second-order valence-corrected chi connectivity index (χ2v) is 10.1. The molecule has 3 rings (SSSR count). The van der Waals surface area contributed by atoms with Gasteiger partial charge in [-0.2, -0.15) is 4.31 Å². The monoisotopic (exact) mass is 421 g/mol. The third kappa shape index (κ3) is 6.13. The standard InChI is InChI=1S/C20H27N3O3S2/c1-28(25,26)23-13-11-22(12-14-23)20(24)17-21(16-19-8-5-15-27-19)10-9-18-6-3-2-4-7-18/h2-8,15H,9-14,16-17H2,1H3. The molecule has 8 heteroatoms. The van der Waals surface area contributed by atoms with Gasteiger partial charge in [-0.25, -0.2) is 8.42 Å². The molecule has 28 heavy (non-hydrogen) atoms. The minimum absolute atomic E-state index is 0.0674. The highest BCUT2D eigenvalue weighted by molar-refractivity contribution is 7.88. The molecule has 1 aromatic carbocycles. The van der Waals surface area contributed by atoms with Crippen molar-refractivity contribution < 1.29 is 13.2 Å². The van der Waals surface area contributed by atoms with Crippen LogP contribution in [0.4, 0.5) is 0 Å². The first kappa shape index (κ1) is 21.0. The first-order valence-electron chi connectivity index (χ1n) is 9.43. The van der Waals surface area contributed by atoms with Crippen molar-refractivity contribution in [3.8, 4) is 0 Å². The van der Waals surface area contributed by atoms with E-state index in [0.717, 1.165) is 19.5 Å². The van der Waals surface area contributed by atoms with Gasteiger partial charge in [0, 0.05) is 44.1 Å².